The maximum atomic E-state index is 13.0. The van der Waals surface area contributed by atoms with E-state index in [-0.39, 0.29) is 48.2 Å². The molecule has 2 aliphatic rings. The summed E-state index contributed by atoms with van der Waals surface area (Å²) in [4.78, 5) is 65.4. The van der Waals surface area contributed by atoms with E-state index in [1.54, 1.807) is 34.6 Å². The SMILES string of the molecule is CC(C)[C@@H]1CC[C@@H](C)C[C@H]1OC(=O)C[C@@H](NC(=O)[C@@H](C)NCl)c1ccccc1.CC(C)[C@@H]1CC[C@@H](C)C[C@H]1OC(=O)C[C@@H](NC(=O)[C@H](C)NC(=O)OC(C)(C)C)c1ccccc1.ClCCl. The van der Waals surface area contributed by atoms with Crippen molar-refractivity contribution in [1.29, 1.82) is 0 Å². The van der Waals surface area contributed by atoms with Gasteiger partial charge in [0.2, 0.25) is 11.8 Å². The van der Waals surface area contributed by atoms with Crippen LogP contribution >= 0.6 is 35.0 Å². The highest BCUT2D eigenvalue weighted by Crippen LogP contribution is 2.37. The quantitative estimate of drug-likeness (QED) is 0.0555. The van der Waals surface area contributed by atoms with Crippen molar-refractivity contribution in [2.75, 3.05) is 5.34 Å². The van der Waals surface area contributed by atoms with Gasteiger partial charge in [0.05, 0.1) is 36.3 Å². The summed E-state index contributed by atoms with van der Waals surface area (Å²) in [6.45, 7) is 21.6. The van der Waals surface area contributed by atoms with Crippen LogP contribution in [0.2, 0.25) is 0 Å². The van der Waals surface area contributed by atoms with Gasteiger partial charge in [-0.05, 0) is 119 Å². The average Bonchev–Trinajstić information content (AvgIpc) is 3.23. The zero-order chi connectivity index (χ0) is 48.9. The lowest BCUT2D eigenvalue weighted by Gasteiger charge is -2.37. The number of halogens is 3. The van der Waals surface area contributed by atoms with Crippen molar-refractivity contribution in [3.63, 3.8) is 0 Å². The molecule has 2 saturated carbocycles. The number of hydrogen-bond donors (Lipinski definition) is 4. The van der Waals surface area contributed by atoms with Crippen LogP contribution in [0.25, 0.3) is 0 Å². The first-order chi connectivity index (χ1) is 30.6. The van der Waals surface area contributed by atoms with E-state index in [0.29, 0.717) is 35.5 Å². The van der Waals surface area contributed by atoms with Crippen LogP contribution in [0.15, 0.2) is 60.7 Å². The Morgan fingerprint density at radius 2 is 0.985 bits per heavy atom. The van der Waals surface area contributed by atoms with E-state index in [9.17, 15) is 24.0 Å². The topological polar surface area (TPSA) is 161 Å². The van der Waals surface area contributed by atoms with Crippen molar-refractivity contribution in [1.82, 2.24) is 20.8 Å². The highest BCUT2D eigenvalue weighted by molar-refractivity contribution is 6.40. The van der Waals surface area contributed by atoms with E-state index in [2.05, 4.69) is 62.3 Å². The van der Waals surface area contributed by atoms with Gasteiger partial charge in [-0.1, -0.05) is 115 Å². The van der Waals surface area contributed by atoms with Crippen molar-refractivity contribution in [2.24, 2.45) is 35.5 Å². The second kappa shape index (κ2) is 29.2. The van der Waals surface area contributed by atoms with Gasteiger partial charge in [-0.2, -0.15) is 0 Å². The Balaban J connectivity index is 0.000000428. The van der Waals surface area contributed by atoms with Crippen LogP contribution in [-0.2, 0) is 33.4 Å². The summed E-state index contributed by atoms with van der Waals surface area (Å²) in [5.41, 5.74) is 1.00. The first kappa shape index (κ1) is 57.5. The molecule has 2 aliphatic carbocycles. The molecular weight excluding hydrogens is 891 g/mol. The van der Waals surface area contributed by atoms with Gasteiger partial charge in [0, 0.05) is 0 Å². The smallest absolute Gasteiger partial charge is 0.408 e. The summed E-state index contributed by atoms with van der Waals surface area (Å²) in [6.07, 6.45) is 5.56. The normalized spacial score (nSPS) is 22.5. The second-order valence-corrected chi connectivity index (χ2v) is 20.4. The predicted molar refractivity (Wildman–Crippen MR) is 260 cm³/mol. The highest BCUT2D eigenvalue weighted by atomic mass is 35.5. The molecule has 0 aliphatic heterocycles. The van der Waals surface area contributed by atoms with E-state index >= 15 is 0 Å². The number of hydrogen-bond acceptors (Lipinski definition) is 9. The Labute approximate surface area is 404 Å². The third-order valence-corrected chi connectivity index (χ3v) is 12.3. The number of alkyl halides is 2. The molecule has 2 aromatic carbocycles. The van der Waals surface area contributed by atoms with E-state index in [1.165, 1.54) is 6.42 Å². The zero-order valence-electron chi connectivity index (χ0n) is 40.5. The van der Waals surface area contributed by atoms with Crippen molar-refractivity contribution in [3.8, 4) is 0 Å². The van der Waals surface area contributed by atoms with Crippen LogP contribution in [0.5, 0.6) is 0 Å². The molecule has 65 heavy (non-hydrogen) atoms. The Morgan fingerprint density at radius 1 is 0.615 bits per heavy atom. The number of ether oxygens (including phenoxy) is 3. The monoisotopic (exact) mass is 966 g/mol. The molecule has 2 fully saturated rings. The summed E-state index contributed by atoms with van der Waals surface area (Å²) >= 11 is 15.1. The van der Waals surface area contributed by atoms with E-state index in [4.69, 9.17) is 49.2 Å². The van der Waals surface area contributed by atoms with Gasteiger partial charge in [0.15, 0.2) is 0 Å². The number of rotatable bonds is 16. The molecule has 0 radical (unpaired) electrons. The van der Waals surface area contributed by atoms with Crippen LogP contribution in [-0.4, -0.2) is 65.1 Å². The van der Waals surface area contributed by atoms with Crippen LogP contribution in [0.4, 0.5) is 4.79 Å². The van der Waals surface area contributed by atoms with Crippen molar-refractivity contribution in [3.05, 3.63) is 71.8 Å². The molecule has 10 atom stereocenters. The molecule has 0 saturated heterocycles. The third-order valence-electron chi connectivity index (χ3n) is 12.0. The summed E-state index contributed by atoms with van der Waals surface area (Å²) in [7, 11) is 0. The predicted octanol–water partition coefficient (Wildman–Crippen LogP) is 10.9. The molecule has 0 aromatic heterocycles. The fourth-order valence-corrected chi connectivity index (χ4v) is 8.43. The largest absolute Gasteiger partial charge is 0.462 e. The van der Waals surface area contributed by atoms with E-state index in [0.717, 1.165) is 43.2 Å². The first-order valence-electron chi connectivity index (χ1n) is 23.2. The molecule has 366 valence electrons. The Kier molecular flexibility index (Phi) is 25.9. The van der Waals surface area contributed by atoms with Crippen molar-refractivity contribution >= 4 is 64.8 Å². The average molecular weight is 969 g/mol. The summed E-state index contributed by atoms with van der Waals surface area (Å²) in [6, 6.07) is 16.4. The maximum Gasteiger partial charge on any atom is 0.408 e. The van der Waals surface area contributed by atoms with Crippen LogP contribution < -0.4 is 20.8 Å². The number of nitrogens with one attached hydrogen (secondary N) is 4. The minimum absolute atomic E-state index is 0.0185. The van der Waals surface area contributed by atoms with Gasteiger partial charge in [0.1, 0.15) is 23.9 Å². The van der Waals surface area contributed by atoms with Gasteiger partial charge in [0.25, 0.3) is 0 Å². The fourth-order valence-electron chi connectivity index (χ4n) is 8.34. The van der Waals surface area contributed by atoms with E-state index in [1.807, 2.05) is 60.7 Å². The van der Waals surface area contributed by atoms with Crippen LogP contribution in [0.1, 0.15) is 151 Å². The van der Waals surface area contributed by atoms with Gasteiger partial charge in [-0.15, -0.1) is 23.2 Å². The second-order valence-electron chi connectivity index (χ2n) is 19.4. The number of alkyl carbamates (subject to hydrolysis) is 1. The summed E-state index contributed by atoms with van der Waals surface area (Å²) in [5, 5.41) is 8.55. The molecule has 15 heteroatoms. The number of benzene rings is 2. The van der Waals surface area contributed by atoms with Gasteiger partial charge >= 0.3 is 18.0 Å². The molecule has 2 aromatic rings. The molecule has 0 bridgehead atoms. The molecule has 4 rings (SSSR count). The Hall–Kier alpha value is -3.58. The van der Waals surface area contributed by atoms with Gasteiger partial charge in [-0.3, -0.25) is 19.2 Å². The fraction of sp³-hybridized carbons (Fsp3) is 0.660. The van der Waals surface area contributed by atoms with E-state index < -0.39 is 41.8 Å². The summed E-state index contributed by atoms with van der Waals surface area (Å²) in [5.74, 6) is 1.48. The van der Waals surface area contributed by atoms with Gasteiger partial charge in [-0.25, -0.2) is 9.63 Å². The minimum atomic E-state index is -0.832. The maximum absolute atomic E-state index is 13.0. The van der Waals surface area contributed by atoms with Crippen molar-refractivity contribution < 1.29 is 38.2 Å². The number of carbonyl (C=O) groups excluding carboxylic acids is 5. The Bertz CT molecular complexity index is 1730. The molecule has 3 amide bonds. The lowest BCUT2D eigenvalue weighted by Crippen LogP contribution is -2.47. The molecule has 0 heterocycles. The van der Waals surface area contributed by atoms with Crippen molar-refractivity contribution in [2.45, 2.75) is 170 Å². The lowest BCUT2D eigenvalue weighted by atomic mass is 9.75. The zero-order valence-corrected chi connectivity index (χ0v) is 42.7. The molecule has 12 nitrogen and oxygen atoms in total. The highest BCUT2D eigenvalue weighted by Gasteiger charge is 2.36. The first-order valence-corrected chi connectivity index (χ1v) is 24.6. The standard InChI is InChI=1S/C27H42N2O5.C22H33ClN2O3.CH2Cl2/c1-17(2)21-14-13-18(3)15-23(21)33-24(30)16-22(20-11-9-8-10-12-20)29-25(31)19(4)28-26(32)34-27(5,6)7;1-14(2)18-11-10-15(3)12-20(18)28-21(26)13-19(17-8-6-5-7-9-17)24-22(27)16(4)25-23;2-1-3/h8-12,17-19,21-23H,13-16H2,1-7H3,(H,28,32)(H,29,31);5-9,14-16,18-20,25H,10-13H2,1-4H3,(H,24,27);1H2/t18-,19+,21+,22-,23-;15-,16-,18+,19-,20-;/m11./s1. The summed E-state index contributed by atoms with van der Waals surface area (Å²) < 4.78 is 17.1. The molecular formula is C50H77Cl3N4O8. The lowest BCUT2D eigenvalue weighted by molar-refractivity contribution is -0.157. The Morgan fingerprint density at radius 3 is 1.32 bits per heavy atom. The number of esters is 2. The molecule has 0 unspecified atom stereocenters. The molecule has 0 spiro atoms. The minimum Gasteiger partial charge on any atom is -0.462 e. The van der Waals surface area contributed by atoms with Crippen LogP contribution in [0.3, 0.4) is 0 Å². The van der Waals surface area contributed by atoms with Gasteiger partial charge < -0.3 is 30.2 Å². The molecule has 4 N–H and O–H groups in total. The van der Waals surface area contributed by atoms with Crippen LogP contribution in [0, 0.1) is 35.5 Å². The number of amides is 3. The third kappa shape index (κ3) is 21.7. The number of carbonyl (C=O) groups is 5.